The number of rotatable bonds is 7. The molecule has 1 saturated heterocycles. The number of sulfonamides is 1. The number of carbonyl (C=O) groups is 1. The smallest absolute Gasteiger partial charge is 0.248 e. The second-order valence-corrected chi connectivity index (χ2v) is 9.99. The van der Waals surface area contributed by atoms with E-state index in [2.05, 4.69) is 10.5 Å². The van der Waals surface area contributed by atoms with E-state index in [4.69, 9.17) is 4.52 Å². The van der Waals surface area contributed by atoms with Crippen molar-refractivity contribution in [2.45, 2.75) is 31.2 Å². The molecule has 3 aromatic rings. The van der Waals surface area contributed by atoms with E-state index >= 15 is 0 Å². The average molecular weight is 466 g/mol. The van der Waals surface area contributed by atoms with E-state index in [0.29, 0.717) is 31.6 Å². The van der Waals surface area contributed by atoms with Crippen LogP contribution in [0.5, 0.6) is 0 Å². The largest absolute Gasteiger partial charge is 0.355 e. The molecule has 0 spiro atoms. The van der Waals surface area contributed by atoms with Crippen molar-refractivity contribution in [3.8, 4) is 0 Å². The van der Waals surface area contributed by atoms with Gasteiger partial charge in [0.15, 0.2) is 10.7 Å². The lowest BCUT2D eigenvalue weighted by Gasteiger charge is -2.31. The molecule has 1 fully saturated rings. The summed E-state index contributed by atoms with van der Waals surface area (Å²) in [5.74, 6) is -0.349. The van der Waals surface area contributed by atoms with Gasteiger partial charge in [0.2, 0.25) is 15.9 Å². The Bertz CT molecular complexity index is 1220. The zero-order valence-electron chi connectivity index (χ0n) is 18.5. The Hall–Kier alpha value is -3.23. The van der Waals surface area contributed by atoms with Gasteiger partial charge in [0.1, 0.15) is 5.69 Å². The first-order valence-corrected chi connectivity index (χ1v) is 12.4. The summed E-state index contributed by atoms with van der Waals surface area (Å²) in [6.07, 6.45) is 4.67. The number of amides is 1. The molecular formula is C25H27N3O4S. The zero-order chi connectivity index (χ0) is 23.3. The summed E-state index contributed by atoms with van der Waals surface area (Å²) in [6.45, 7) is 2.53. The molecule has 4 rings (SSSR count). The first-order chi connectivity index (χ1) is 15.9. The maximum absolute atomic E-state index is 13.5. The molecule has 0 aliphatic carbocycles. The molecule has 33 heavy (non-hydrogen) atoms. The van der Waals surface area contributed by atoms with Gasteiger partial charge in [-0.25, -0.2) is 8.42 Å². The predicted molar refractivity (Wildman–Crippen MR) is 126 cm³/mol. The molecule has 1 unspecified atom stereocenters. The first kappa shape index (κ1) is 22.9. The van der Waals surface area contributed by atoms with Crippen molar-refractivity contribution >= 4 is 28.1 Å². The highest BCUT2D eigenvalue weighted by molar-refractivity contribution is 7.89. The number of piperidine rings is 1. The van der Waals surface area contributed by atoms with E-state index in [-0.39, 0.29) is 23.1 Å². The van der Waals surface area contributed by atoms with Crippen LogP contribution in [0.1, 0.15) is 35.4 Å². The van der Waals surface area contributed by atoms with Gasteiger partial charge in [-0.15, -0.1) is 0 Å². The molecule has 1 N–H and O–H groups in total. The van der Waals surface area contributed by atoms with Crippen LogP contribution in [0.2, 0.25) is 0 Å². The topological polar surface area (TPSA) is 92.5 Å². The van der Waals surface area contributed by atoms with Crippen LogP contribution in [-0.4, -0.2) is 36.9 Å². The van der Waals surface area contributed by atoms with Crippen LogP contribution < -0.4 is 5.32 Å². The van der Waals surface area contributed by atoms with Gasteiger partial charge >= 0.3 is 0 Å². The highest BCUT2D eigenvalue weighted by atomic mass is 32.2. The fourth-order valence-corrected chi connectivity index (χ4v) is 5.74. The number of hydrogen-bond donors (Lipinski definition) is 1. The Morgan fingerprint density at radius 1 is 1.12 bits per heavy atom. The van der Waals surface area contributed by atoms with E-state index in [0.717, 1.165) is 11.1 Å². The third kappa shape index (κ3) is 5.40. The van der Waals surface area contributed by atoms with Gasteiger partial charge in [-0.05, 0) is 37.0 Å². The first-order valence-electron chi connectivity index (χ1n) is 11.0. The summed E-state index contributed by atoms with van der Waals surface area (Å²) in [4.78, 5) is 12.8. The Morgan fingerprint density at radius 3 is 2.55 bits per heavy atom. The summed E-state index contributed by atoms with van der Waals surface area (Å²) in [7, 11) is -3.87. The number of aromatic nitrogens is 1. The monoisotopic (exact) mass is 465 g/mol. The molecule has 1 amide bonds. The fraction of sp³-hybridized carbons (Fsp3) is 0.280. The third-order valence-electron chi connectivity index (χ3n) is 5.72. The maximum Gasteiger partial charge on any atom is 0.248 e. The van der Waals surface area contributed by atoms with Crippen LogP contribution >= 0.6 is 0 Å². The van der Waals surface area contributed by atoms with Crippen molar-refractivity contribution in [1.82, 2.24) is 14.8 Å². The van der Waals surface area contributed by atoms with Crippen molar-refractivity contribution < 1.29 is 17.7 Å². The molecular weight excluding hydrogens is 438 g/mol. The molecule has 1 atom stereocenters. The van der Waals surface area contributed by atoms with Crippen molar-refractivity contribution in [1.29, 1.82) is 0 Å². The number of benzene rings is 2. The van der Waals surface area contributed by atoms with Gasteiger partial charge < -0.3 is 9.84 Å². The SMILES string of the molecule is Cc1noc(/C=C/c2ccccc2)c1S(=O)(=O)N1CCCC(C(=O)NCc2ccccc2)C1. The number of hydrogen-bond acceptors (Lipinski definition) is 5. The minimum absolute atomic E-state index is 0.0556. The zero-order valence-corrected chi connectivity index (χ0v) is 19.3. The molecule has 0 saturated carbocycles. The molecule has 2 aromatic carbocycles. The van der Waals surface area contributed by atoms with E-state index in [1.165, 1.54) is 4.31 Å². The van der Waals surface area contributed by atoms with Gasteiger partial charge in [0.05, 0.1) is 5.92 Å². The second-order valence-electron chi connectivity index (χ2n) is 8.11. The molecule has 0 bridgehead atoms. The lowest BCUT2D eigenvalue weighted by atomic mass is 9.99. The van der Waals surface area contributed by atoms with Crippen molar-refractivity contribution in [2.24, 2.45) is 5.92 Å². The fourth-order valence-electron chi connectivity index (χ4n) is 3.97. The molecule has 0 radical (unpaired) electrons. The molecule has 1 aliphatic rings. The molecule has 2 heterocycles. The standard InChI is InChI=1S/C25H27N3O4S/c1-19-24(23(32-27-19)15-14-20-9-4-2-5-10-20)33(30,31)28-16-8-13-22(18-28)25(29)26-17-21-11-6-3-7-12-21/h2-7,9-12,14-15,22H,8,13,16-18H2,1H3,(H,26,29)/b15-14+. The van der Waals surface area contributed by atoms with Gasteiger partial charge in [-0.1, -0.05) is 71.9 Å². The van der Waals surface area contributed by atoms with Crippen LogP contribution in [0.4, 0.5) is 0 Å². The van der Waals surface area contributed by atoms with Gasteiger partial charge in [0.25, 0.3) is 0 Å². The van der Waals surface area contributed by atoms with E-state index in [1.807, 2.05) is 60.7 Å². The van der Waals surface area contributed by atoms with Crippen LogP contribution in [-0.2, 0) is 21.4 Å². The summed E-state index contributed by atoms with van der Waals surface area (Å²) < 4.78 is 33.7. The normalized spacial score (nSPS) is 17.3. The van der Waals surface area contributed by atoms with Crippen LogP contribution in [0.25, 0.3) is 12.2 Å². The van der Waals surface area contributed by atoms with Crippen LogP contribution in [0, 0.1) is 12.8 Å². The van der Waals surface area contributed by atoms with Gasteiger partial charge in [0, 0.05) is 19.6 Å². The van der Waals surface area contributed by atoms with Crippen molar-refractivity contribution in [3.05, 3.63) is 83.2 Å². The Kier molecular flexibility index (Phi) is 7.05. The predicted octanol–water partition coefficient (Wildman–Crippen LogP) is 3.87. The highest BCUT2D eigenvalue weighted by Crippen LogP contribution is 2.29. The molecule has 8 heteroatoms. The maximum atomic E-state index is 13.5. The summed E-state index contributed by atoms with van der Waals surface area (Å²) in [5, 5.41) is 6.83. The lowest BCUT2D eigenvalue weighted by molar-refractivity contribution is -0.126. The number of nitrogens with one attached hydrogen (secondary N) is 1. The molecule has 1 aliphatic heterocycles. The average Bonchev–Trinajstić information content (AvgIpc) is 3.23. The van der Waals surface area contributed by atoms with E-state index < -0.39 is 15.9 Å². The quantitative estimate of drug-likeness (QED) is 0.572. The highest BCUT2D eigenvalue weighted by Gasteiger charge is 2.36. The molecule has 1 aromatic heterocycles. The molecule has 172 valence electrons. The van der Waals surface area contributed by atoms with Crippen LogP contribution in [0.15, 0.2) is 70.1 Å². The summed E-state index contributed by atoms with van der Waals surface area (Å²) in [6, 6.07) is 19.2. The minimum Gasteiger partial charge on any atom is -0.355 e. The number of carbonyl (C=O) groups excluding carboxylic acids is 1. The minimum atomic E-state index is -3.87. The number of nitrogens with zero attached hydrogens (tertiary/aromatic N) is 2. The summed E-state index contributed by atoms with van der Waals surface area (Å²) >= 11 is 0. The number of aryl methyl sites for hydroxylation is 1. The summed E-state index contributed by atoms with van der Waals surface area (Å²) in [5.41, 5.74) is 2.22. The van der Waals surface area contributed by atoms with E-state index in [9.17, 15) is 13.2 Å². The Labute approximate surface area is 194 Å². The molecule has 7 nitrogen and oxygen atoms in total. The van der Waals surface area contributed by atoms with E-state index in [1.54, 1.807) is 19.1 Å². The lowest BCUT2D eigenvalue weighted by Crippen LogP contribution is -2.45. The van der Waals surface area contributed by atoms with Gasteiger partial charge in [-0.3, -0.25) is 4.79 Å². The second kappa shape index (κ2) is 10.1. The van der Waals surface area contributed by atoms with Gasteiger partial charge in [-0.2, -0.15) is 4.31 Å². The van der Waals surface area contributed by atoms with Crippen molar-refractivity contribution in [3.63, 3.8) is 0 Å². The van der Waals surface area contributed by atoms with Crippen molar-refractivity contribution in [2.75, 3.05) is 13.1 Å². The Balaban J connectivity index is 1.48. The third-order valence-corrected chi connectivity index (χ3v) is 7.75. The van der Waals surface area contributed by atoms with Crippen LogP contribution in [0.3, 0.4) is 0 Å². The Morgan fingerprint density at radius 2 is 1.82 bits per heavy atom.